The molecule has 11 heteroatoms. The van der Waals surface area contributed by atoms with E-state index in [0.717, 1.165) is 22.6 Å². The van der Waals surface area contributed by atoms with Crippen LogP contribution in [0.25, 0.3) is 11.4 Å². The van der Waals surface area contributed by atoms with E-state index >= 15 is 0 Å². The fraction of sp³-hybridized carbons (Fsp3) is 0.556. The van der Waals surface area contributed by atoms with Crippen molar-refractivity contribution in [2.75, 3.05) is 49.7 Å². The van der Waals surface area contributed by atoms with Gasteiger partial charge in [-0.05, 0) is 36.6 Å². The molecule has 2 aromatic rings. The third kappa shape index (κ3) is 5.39. The molecule has 5 rings (SSSR count). The molecule has 38 heavy (non-hydrogen) atoms. The Hall–Kier alpha value is -3.44. The summed E-state index contributed by atoms with van der Waals surface area (Å²) in [4.78, 5) is 38.0. The van der Waals surface area contributed by atoms with Gasteiger partial charge in [-0.3, -0.25) is 0 Å². The van der Waals surface area contributed by atoms with Crippen molar-refractivity contribution in [2.45, 2.75) is 52.2 Å². The predicted octanol–water partition coefficient (Wildman–Crippen LogP) is 3.51. The maximum atomic E-state index is 12.2. The summed E-state index contributed by atoms with van der Waals surface area (Å²) < 4.78 is 10.8. The molecule has 3 N–H and O–H groups in total. The number of morpholine rings is 1. The Bertz CT molecular complexity index is 1190. The molecule has 0 spiro atoms. The van der Waals surface area contributed by atoms with Gasteiger partial charge < -0.3 is 35.0 Å². The van der Waals surface area contributed by atoms with Gasteiger partial charge in [-0.25, -0.2) is 19.6 Å². The number of carbonyl (C=O) groups is 2. The molecule has 204 valence electrons. The Balaban J connectivity index is 1.51. The molecule has 1 aromatic heterocycles. The van der Waals surface area contributed by atoms with Crippen molar-refractivity contribution in [2.24, 2.45) is 5.41 Å². The van der Waals surface area contributed by atoms with Crippen molar-refractivity contribution < 1.29 is 24.2 Å². The van der Waals surface area contributed by atoms with Crippen molar-refractivity contribution in [3.63, 3.8) is 0 Å². The summed E-state index contributed by atoms with van der Waals surface area (Å²) in [6, 6.07) is 7.26. The number of anilines is 2. The second-order valence-electron chi connectivity index (χ2n) is 11.3. The Morgan fingerprint density at radius 1 is 1.08 bits per heavy atom. The van der Waals surface area contributed by atoms with Crippen LogP contribution in [0.1, 0.15) is 44.9 Å². The first-order valence-electron chi connectivity index (χ1n) is 13.1. The fourth-order valence-electron chi connectivity index (χ4n) is 5.15. The van der Waals surface area contributed by atoms with Crippen LogP contribution in [0.2, 0.25) is 0 Å². The number of hydrogen-bond donors (Lipinski definition) is 3. The van der Waals surface area contributed by atoms with Gasteiger partial charge in [0.2, 0.25) is 0 Å². The van der Waals surface area contributed by atoms with Crippen LogP contribution in [0.4, 0.5) is 21.1 Å². The second kappa shape index (κ2) is 10.4. The van der Waals surface area contributed by atoms with Crippen molar-refractivity contribution in [1.29, 1.82) is 0 Å². The van der Waals surface area contributed by atoms with Crippen molar-refractivity contribution in [3.8, 4) is 11.4 Å². The number of amides is 3. The lowest BCUT2D eigenvalue weighted by Crippen LogP contribution is -2.49. The van der Waals surface area contributed by atoms with Gasteiger partial charge in [0, 0.05) is 35.8 Å². The molecule has 2 atom stereocenters. The van der Waals surface area contributed by atoms with E-state index in [1.807, 2.05) is 24.3 Å². The molecular weight excluding hydrogens is 488 g/mol. The minimum atomic E-state index is -0.950. The number of nitrogens with one attached hydrogen (secondary N) is 2. The first-order valence-corrected chi connectivity index (χ1v) is 13.1. The van der Waals surface area contributed by atoms with E-state index in [0.29, 0.717) is 51.0 Å². The zero-order valence-electron chi connectivity index (χ0n) is 22.4. The number of fused-ring (bicyclic) bond motifs is 1. The summed E-state index contributed by atoms with van der Waals surface area (Å²) in [5, 5.41) is 15.6. The third-order valence-electron chi connectivity index (χ3n) is 7.43. The van der Waals surface area contributed by atoms with E-state index < -0.39 is 6.09 Å². The van der Waals surface area contributed by atoms with Gasteiger partial charge in [-0.1, -0.05) is 20.8 Å². The van der Waals surface area contributed by atoms with Gasteiger partial charge in [0.1, 0.15) is 5.82 Å². The molecule has 2 saturated heterocycles. The van der Waals surface area contributed by atoms with E-state index in [4.69, 9.17) is 19.4 Å². The Morgan fingerprint density at radius 3 is 2.42 bits per heavy atom. The fourth-order valence-corrected chi connectivity index (χ4v) is 5.15. The molecule has 1 aromatic carbocycles. The highest BCUT2D eigenvalue weighted by atomic mass is 16.5. The molecule has 2 fully saturated rings. The van der Waals surface area contributed by atoms with Gasteiger partial charge >= 0.3 is 12.1 Å². The zero-order chi connectivity index (χ0) is 27.0. The number of rotatable bonds is 4. The first-order chi connectivity index (χ1) is 18.1. The van der Waals surface area contributed by atoms with Gasteiger partial charge in [0.05, 0.1) is 50.7 Å². The average molecular weight is 525 g/mol. The van der Waals surface area contributed by atoms with Gasteiger partial charge in [0.25, 0.3) is 0 Å². The second-order valence-corrected chi connectivity index (χ2v) is 11.3. The monoisotopic (exact) mass is 524 g/mol. The summed E-state index contributed by atoms with van der Waals surface area (Å²) in [5.74, 6) is 1.32. The number of aromatic nitrogens is 2. The van der Waals surface area contributed by atoms with Crippen LogP contribution in [0, 0.1) is 5.41 Å². The molecule has 0 bridgehead atoms. The van der Waals surface area contributed by atoms with Gasteiger partial charge in [0.15, 0.2) is 5.82 Å². The van der Waals surface area contributed by atoms with Crippen LogP contribution >= 0.6 is 0 Å². The van der Waals surface area contributed by atoms with Gasteiger partial charge in [-0.15, -0.1) is 0 Å². The maximum Gasteiger partial charge on any atom is 0.407 e. The number of hydrogen-bond acceptors (Lipinski definition) is 7. The molecule has 0 radical (unpaired) electrons. The molecular formula is C27H36N6O5. The lowest BCUT2D eigenvalue weighted by molar-refractivity contribution is 0.000735. The Labute approximate surface area is 222 Å². The average Bonchev–Trinajstić information content (AvgIpc) is 2.85. The summed E-state index contributed by atoms with van der Waals surface area (Å²) >= 11 is 0. The molecule has 0 aliphatic carbocycles. The summed E-state index contributed by atoms with van der Waals surface area (Å²) in [5.41, 5.74) is 3.01. The predicted molar refractivity (Wildman–Crippen MR) is 142 cm³/mol. The molecule has 3 aliphatic rings. The van der Waals surface area contributed by atoms with Crippen LogP contribution < -0.4 is 15.5 Å². The highest BCUT2D eigenvalue weighted by Crippen LogP contribution is 2.45. The van der Waals surface area contributed by atoms with E-state index in [1.165, 1.54) is 4.90 Å². The molecule has 3 amide bonds. The molecule has 1 unspecified atom stereocenters. The standard InChI is InChI=1S/C27H36N6O5/c1-16-13-37-10-9-33(16)24-22-20(27(2,3)4)11-32(26(35)36)12-21(22)30-23(31-24)17-5-7-18(8-6-17)28-25(34)29-19-14-38-15-19/h5-8,16,19-20H,9-15H2,1-4H3,(H,35,36)(H2,28,29,34)/t16?,20-/m1/s1. The topological polar surface area (TPSA) is 129 Å². The maximum absolute atomic E-state index is 12.2. The smallest absolute Gasteiger partial charge is 0.407 e. The highest BCUT2D eigenvalue weighted by molar-refractivity contribution is 5.89. The summed E-state index contributed by atoms with van der Waals surface area (Å²) in [6.45, 7) is 12.1. The minimum Gasteiger partial charge on any atom is -0.465 e. The molecule has 4 heterocycles. The van der Waals surface area contributed by atoms with Crippen LogP contribution in [-0.4, -0.2) is 83.7 Å². The Kier molecular flexibility index (Phi) is 7.15. The number of carbonyl (C=O) groups excluding carboxylic acids is 1. The third-order valence-corrected chi connectivity index (χ3v) is 7.43. The zero-order valence-corrected chi connectivity index (χ0v) is 22.4. The van der Waals surface area contributed by atoms with Crippen molar-refractivity contribution in [3.05, 3.63) is 35.5 Å². The van der Waals surface area contributed by atoms with Crippen LogP contribution in [-0.2, 0) is 16.0 Å². The first kappa shape index (κ1) is 26.2. The number of carboxylic acid groups (broad SMARTS) is 1. The summed E-state index contributed by atoms with van der Waals surface area (Å²) in [6.07, 6.45) is -0.950. The van der Waals surface area contributed by atoms with Gasteiger partial charge in [-0.2, -0.15) is 0 Å². The minimum absolute atomic E-state index is 0.0430. The number of urea groups is 1. The van der Waals surface area contributed by atoms with E-state index in [-0.39, 0.29) is 36.0 Å². The number of nitrogens with zero attached hydrogens (tertiary/aromatic N) is 4. The lowest BCUT2D eigenvalue weighted by atomic mass is 9.74. The molecule has 11 nitrogen and oxygen atoms in total. The Morgan fingerprint density at radius 2 is 1.82 bits per heavy atom. The molecule has 0 saturated carbocycles. The van der Waals surface area contributed by atoms with Crippen molar-refractivity contribution in [1.82, 2.24) is 20.2 Å². The number of ether oxygens (including phenoxy) is 2. The molecule has 3 aliphatic heterocycles. The SMILES string of the molecule is CC1COCCN1c1nc(-c2ccc(NC(=O)NC3COC3)cc2)nc2c1[C@H](C(C)(C)C)CN(C(=O)O)C2. The number of benzene rings is 1. The highest BCUT2D eigenvalue weighted by Gasteiger charge is 2.40. The van der Waals surface area contributed by atoms with E-state index in [9.17, 15) is 14.7 Å². The summed E-state index contributed by atoms with van der Waals surface area (Å²) in [7, 11) is 0. The van der Waals surface area contributed by atoms with E-state index in [2.05, 4.69) is 43.2 Å². The lowest BCUT2D eigenvalue weighted by Gasteiger charge is -2.43. The van der Waals surface area contributed by atoms with Crippen LogP contribution in [0.5, 0.6) is 0 Å². The van der Waals surface area contributed by atoms with E-state index in [1.54, 1.807) is 0 Å². The van der Waals surface area contributed by atoms with Crippen LogP contribution in [0.15, 0.2) is 24.3 Å². The van der Waals surface area contributed by atoms with Crippen molar-refractivity contribution >= 4 is 23.6 Å². The normalized spacial score (nSPS) is 21.9. The largest absolute Gasteiger partial charge is 0.465 e. The quantitative estimate of drug-likeness (QED) is 0.554. The van der Waals surface area contributed by atoms with Crippen LogP contribution in [0.3, 0.4) is 0 Å².